The average molecular weight is 408 g/mol. The second kappa shape index (κ2) is 7.26. The normalized spacial score (nSPS) is 20.7. The van der Waals surface area contributed by atoms with Gasteiger partial charge in [0.1, 0.15) is 12.4 Å². The second-order valence-electron chi connectivity index (χ2n) is 6.18. The van der Waals surface area contributed by atoms with Crippen molar-refractivity contribution in [1.82, 2.24) is 0 Å². The quantitative estimate of drug-likeness (QED) is 0.597. The number of ether oxygens (including phenoxy) is 1. The van der Waals surface area contributed by atoms with Gasteiger partial charge in [-0.1, -0.05) is 12.2 Å². The fourth-order valence-electron chi connectivity index (χ4n) is 2.90. The third kappa shape index (κ3) is 4.51. The van der Waals surface area contributed by atoms with Crippen molar-refractivity contribution in [3.8, 4) is 5.75 Å². The van der Waals surface area contributed by atoms with Crippen molar-refractivity contribution in [2.75, 3.05) is 12.4 Å². The molecule has 1 atom stereocenters. The van der Waals surface area contributed by atoms with E-state index in [-0.39, 0.29) is 17.1 Å². The zero-order valence-electron chi connectivity index (χ0n) is 13.8. The molecule has 1 aromatic carbocycles. The Morgan fingerprint density at radius 1 is 1.15 bits per heavy atom. The van der Waals surface area contributed by atoms with Crippen molar-refractivity contribution in [3.63, 3.8) is 0 Å². The summed E-state index contributed by atoms with van der Waals surface area (Å²) in [7, 11) is 0. The van der Waals surface area contributed by atoms with E-state index in [1.165, 1.54) is 17.8 Å². The molecule has 3 rings (SSSR count). The van der Waals surface area contributed by atoms with Crippen LogP contribution in [0.25, 0.3) is 0 Å². The molecule has 2 aliphatic rings. The first kappa shape index (κ1) is 19.9. The number of fused-ring (bicyclic) bond motifs is 1. The van der Waals surface area contributed by atoms with E-state index in [1.807, 2.05) is 0 Å². The van der Waals surface area contributed by atoms with Crippen LogP contribution in [0.3, 0.4) is 0 Å². The maximum Gasteiger partial charge on any atom is 0.413 e. The summed E-state index contributed by atoms with van der Waals surface area (Å²) in [6, 6.07) is 4.59. The number of rotatable bonds is 3. The van der Waals surface area contributed by atoms with Crippen molar-refractivity contribution >= 4 is 17.5 Å². The number of ketones is 1. The Labute approximate surface area is 155 Å². The van der Waals surface area contributed by atoms with Crippen LogP contribution in [0.15, 0.2) is 46.4 Å². The molecule has 0 saturated heterocycles. The summed E-state index contributed by atoms with van der Waals surface area (Å²) in [6.07, 6.45) is -8.77. The number of benzene rings is 1. The molecule has 0 radical (unpaired) electrons. The SMILES string of the molecule is O=C1CCSc2cc(OCC3=C(C(F)(F)F)CC(C(F)(F)F)C=C3)ccc21. The molecular weight excluding hydrogens is 394 g/mol. The van der Waals surface area contributed by atoms with E-state index in [0.29, 0.717) is 22.6 Å². The highest BCUT2D eigenvalue weighted by atomic mass is 32.2. The summed E-state index contributed by atoms with van der Waals surface area (Å²) in [4.78, 5) is 12.5. The van der Waals surface area contributed by atoms with Crippen molar-refractivity contribution in [2.24, 2.45) is 5.92 Å². The molecule has 9 heteroatoms. The minimum absolute atomic E-state index is 0.00854. The molecule has 1 aromatic rings. The summed E-state index contributed by atoms with van der Waals surface area (Å²) in [5.74, 6) is -1.30. The number of thioether (sulfide) groups is 1. The van der Waals surface area contributed by atoms with E-state index in [2.05, 4.69) is 0 Å². The van der Waals surface area contributed by atoms with Gasteiger partial charge >= 0.3 is 12.4 Å². The zero-order valence-corrected chi connectivity index (χ0v) is 14.6. The summed E-state index contributed by atoms with van der Waals surface area (Å²) in [5.41, 5.74) is -1.02. The number of Topliss-reactive ketones (excluding diaryl/α,β-unsaturated/α-hetero) is 1. The van der Waals surface area contributed by atoms with Crippen LogP contribution in [0.1, 0.15) is 23.2 Å². The van der Waals surface area contributed by atoms with E-state index in [4.69, 9.17) is 4.74 Å². The van der Waals surface area contributed by atoms with Crippen molar-refractivity contribution in [2.45, 2.75) is 30.1 Å². The highest BCUT2D eigenvalue weighted by molar-refractivity contribution is 7.99. The summed E-state index contributed by atoms with van der Waals surface area (Å²) >= 11 is 1.44. The number of allylic oxidation sites excluding steroid dienone is 2. The summed E-state index contributed by atoms with van der Waals surface area (Å²) in [5, 5.41) is 0. The lowest BCUT2D eigenvalue weighted by molar-refractivity contribution is -0.166. The van der Waals surface area contributed by atoms with E-state index >= 15 is 0 Å². The smallest absolute Gasteiger partial charge is 0.413 e. The Morgan fingerprint density at radius 3 is 2.56 bits per heavy atom. The molecule has 0 N–H and O–H groups in total. The van der Waals surface area contributed by atoms with E-state index in [0.717, 1.165) is 12.2 Å². The van der Waals surface area contributed by atoms with Crippen LogP contribution < -0.4 is 4.74 Å². The van der Waals surface area contributed by atoms with Gasteiger partial charge in [0, 0.05) is 28.2 Å². The van der Waals surface area contributed by atoms with Gasteiger partial charge in [-0.2, -0.15) is 26.3 Å². The fourth-order valence-corrected chi connectivity index (χ4v) is 3.95. The summed E-state index contributed by atoms with van der Waals surface area (Å²) < 4.78 is 83.3. The lowest BCUT2D eigenvalue weighted by Crippen LogP contribution is -2.28. The predicted octanol–water partition coefficient (Wildman–Crippen LogP) is 5.74. The topological polar surface area (TPSA) is 26.3 Å². The highest BCUT2D eigenvalue weighted by Crippen LogP contribution is 2.42. The van der Waals surface area contributed by atoms with Crippen molar-refractivity contribution in [3.05, 3.63) is 47.1 Å². The maximum atomic E-state index is 13.2. The van der Waals surface area contributed by atoms with Crippen molar-refractivity contribution < 1.29 is 35.9 Å². The predicted molar refractivity (Wildman–Crippen MR) is 88.0 cm³/mol. The van der Waals surface area contributed by atoms with Gasteiger partial charge in [0.2, 0.25) is 0 Å². The number of hydrogen-bond donors (Lipinski definition) is 0. The highest BCUT2D eigenvalue weighted by Gasteiger charge is 2.46. The molecule has 2 nitrogen and oxygen atoms in total. The third-order valence-electron chi connectivity index (χ3n) is 4.34. The van der Waals surface area contributed by atoms with Crippen LogP contribution in [0, 0.1) is 5.92 Å². The molecule has 1 unspecified atom stereocenters. The molecule has 1 heterocycles. The van der Waals surface area contributed by atoms with Gasteiger partial charge in [-0.3, -0.25) is 4.79 Å². The van der Waals surface area contributed by atoms with E-state index in [1.54, 1.807) is 12.1 Å². The summed E-state index contributed by atoms with van der Waals surface area (Å²) in [6.45, 7) is -0.507. The molecule has 0 saturated carbocycles. The molecular formula is C18H14F6O2S. The molecule has 27 heavy (non-hydrogen) atoms. The van der Waals surface area contributed by atoms with Gasteiger partial charge in [-0.15, -0.1) is 11.8 Å². The first-order chi connectivity index (χ1) is 12.6. The molecule has 1 aliphatic carbocycles. The largest absolute Gasteiger partial charge is 0.489 e. The maximum absolute atomic E-state index is 13.2. The fraction of sp³-hybridized carbons (Fsp3) is 0.389. The number of alkyl halides is 6. The minimum Gasteiger partial charge on any atom is -0.489 e. The zero-order chi connectivity index (χ0) is 19.8. The van der Waals surface area contributed by atoms with E-state index < -0.39 is 36.9 Å². The lowest BCUT2D eigenvalue weighted by Gasteiger charge is -2.26. The Morgan fingerprint density at radius 2 is 1.89 bits per heavy atom. The Bertz CT molecular complexity index is 807. The van der Waals surface area contributed by atoms with E-state index in [9.17, 15) is 31.1 Å². The average Bonchev–Trinajstić information content (AvgIpc) is 2.58. The van der Waals surface area contributed by atoms with Crippen LogP contribution in [0.2, 0.25) is 0 Å². The number of carbonyl (C=O) groups excluding carboxylic acids is 1. The Balaban J connectivity index is 1.78. The number of hydrogen-bond acceptors (Lipinski definition) is 3. The van der Waals surface area contributed by atoms with Crippen LogP contribution in [0.5, 0.6) is 5.75 Å². The van der Waals surface area contributed by atoms with Crippen molar-refractivity contribution in [1.29, 1.82) is 0 Å². The molecule has 0 fully saturated rings. The van der Waals surface area contributed by atoms with Gasteiger partial charge in [0.05, 0.1) is 5.92 Å². The standard InChI is InChI=1S/C18H14F6O2S/c19-17(20,21)11-2-1-10(14(7-11)18(22,23)24)9-26-12-3-4-13-15(25)5-6-27-16(13)8-12/h1-4,8,11H,5-7,9H2. The monoisotopic (exact) mass is 408 g/mol. The van der Waals surface area contributed by atoms with Gasteiger partial charge in [0.15, 0.2) is 5.78 Å². The molecule has 0 amide bonds. The molecule has 146 valence electrons. The number of halogens is 6. The lowest BCUT2D eigenvalue weighted by atomic mass is 9.89. The van der Waals surface area contributed by atoms with Gasteiger partial charge in [0.25, 0.3) is 0 Å². The van der Waals surface area contributed by atoms with Gasteiger partial charge < -0.3 is 4.74 Å². The molecule has 1 aliphatic heterocycles. The van der Waals surface area contributed by atoms with Gasteiger partial charge in [-0.05, 0) is 30.2 Å². The molecule has 0 bridgehead atoms. The van der Waals surface area contributed by atoms with Crippen LogP contribution in [0.4, 0.5) is 26.3 Å². The van der Waals surface area contributed by atoms with Crippen LogP contribution >= 0.6 is 11.8 Å². The first-order valence-electron chi connectivity index (χ1n) is 8.02. The molecule has 0 spiro atoms. The van der Waals surface area contributed by atoms with Crippen LogP contribution in [-0.2, 0) is 0 Å². The third-order valence-corrected chi connectivity index (χ3v) is 5.40. The Hall–Kier alpha value is -1.90. The first-order valence-corrected chi connectivity index (χ1v) is 9.01. The molecule has 0 aromatic heterocycles. The number of carbonyl (C=O) groups is 1. The Kier molecular flexibility index (Phi) is 5.33. The second-order valence-corrected chi connectivity index (χ2v) is 7.32. The minimum atomic E-state index is -4.87. The van der Waals surface area contributed by atoms with Gasteiger partial charge in [-0.25, -0.2) is 0 Å². The van der Waals surface area contributed by atoms with Crippen LogP contribution in [-0.4, -0.2) is 30.5 Å².